The molecule has 1 fully saturated rings. The van der Waals surface area contributed by atoms with Gasteiger partial charge in [-0.05, 0) is 55.5 Å². The van der Waals surface area contributed by atoms with Gasteiger partial charge < -0.3 is 15.1 Å². The molecule has 2 N–H and O–H groups in total. The van der Waals surface area contributed by atoms with Gasteiger partial charge in [0.2, 0.25) is 0 Å². The van der Waals surface area contributed by atoms with Crippen molar-refractivity contribution < 1.29 is 19.4 Å². The molecule has 2 aromatic carbocycles. The lowest BCUT2D eigenvalue weighted by Gasteiger charge is -2.32. The van der Waals surface area contributed by atoms with Crippen molar-refractivity contribution in [2.45, 2.75) is 19.3 Å². The van der Waals surface area contributed by atoms with Crippen LogP contribution in [0.5, 0.6) is 0 Å². The van der Waals surface area contributed by atoms with Crippen LogP contribution >= 0.6 is 0 Å². The first-order valence-electron chi connectivity index (χ1n) is 10.6. The number of piperidine rings is 1. The molecule has 8 nitrogen and oxygen atoms in total. The Hall–Kier alpha value is -3.59. The maximum atomic E-state index is 13.6. The quantitative estimate of drug-likeness (QED) is 0.495. The minimum Gasteiger partial charge on any atom is -0.478 e. The molecule has 0 atom stereocenters. The predicted molar refractivity (Wildman–Crippen MR) is 118 cm³/mol. The first kappa shape index (κ1) is 20.3. The van der Waals surface area contributed by atoms with E-state index in [0.29, 0.717) is 39.4 Å². The number of hydrogen-bond acceptors (Lipinski definition) is 6. The summed E-state index contributed by atoms with van der Waals surface area (Å²) in [6, 6.07) is 11.0. The molecule has 0 saturated carbocycles. The number of halogens is 1. The van der Waals surface area contributed by atoms with Gasteiger partial charge in [0, 0.05) is 31.1 Å². The van der Waals surface area contributed by atoms with Crippen molar-refractivity contribution in [2.75, 3.05) is 24.6 Å². The number of carboxylic acids is 1. The van der Waals surface area contributed by atoms with Crippen LogP contribution in [0.25, 0.3) is 27.6 Å². The summed E-state index contributed by atoms with van der Waals surface area (Å²) in [5.74, 6) is -0.377. The smallest absolute Gasteiger partial charge is 0.336 e. The van der Waals surface area contributed by atoms with Gasteiger partial charge in [-0.25, -0.2) is 14.2 Å². The minimum absolute atomic E-state index is 0.111. The SMILES string of the molecule is O=C(O)c1cc(N2CCC(CCO)CC2)nc2ccc3nn(-c4cccc(F)c4)nc3c12. The first-order chi connectivity index (χ1) is 15.5. The first-order valence-corrected chi connectivity index (χ1v) is 10.6. The lowest BCUT2D eigenvalue weighted by Crippen LogP contribution is -2.34. The van der Waals surface area contributed by atoms with E-state index < -0.39 is 11.8 Å². The average Bonchev–Trinajstić information content (AvgIpc) is 3.24. The fraction of sp³-hybridized carbons (Fsp3) is 0.304. The molecule has 3 heterocycles. The largest absolute Gasteiger partial charge is 0.478 e. The van der Waals surface area contributed by atoms with Crippen LogP contribution in [-0.2, 0) is 0 Å². The number of fused-ring (bicyclic) bond motifs is 3. The highest BCUT2D eigenvalue weighted by Crippen LogP contribution is 2.31. The third-order valence-corrected chi connectivity index (χ3v) is 6.06. The molecule has 0 bridgehead atoms. The van der Waals surface area contributed by atoms with Crippen molar-refractivity contribution in [2.24, 2.45) is 5.92 Å². The Morgan fingerprint density at radius 1 is 1.09 bits per heavy atom. The Morgan fingerprint density at radius 2 is 1.88 bits per heavy atom. The van der Waals surface area contributed by atoms with Crippen LogP contribution in [0.4, 0.5) is 10.2 Å². The lowest BCUT2D eigenvalue weighted by molar-refractivity contribution is 0.0699. The topological polar surface area (TPSA) is 104 Å². The number of pyridine rings is 1. The Labute approximate surface area is 182 Å². The van der Waals surface area contributed by atoms with E-state index in [1.165, 1.54) is 16.9 Å². The second-order valence-electron chi connectivity index (χ2n) is 8.07. The van der Waals surface area contributed by atoms with E-state index in [0.717, 1.165) is 32.4 Å². The molecule has 32 heavy (non-hydrogen) atoms. The number of carboxylic acid groups (broad SMARTS) is 1. The van der Waals surface area contributed by atoms with Crippen LogP contribution in [-0.4, -0.2) is 55.9 Å². The second kappa shape index (κ2) is 8.16. The molecule has 9 heteroatoms. The van der Waals surface area contributed by atoms with Gasteiger partial charge in [0.1, 0.15) is 22.7 Å². The van der Waals surface area contributed by atoms with Gasteiger partial charge in [0.05, 0.1) is 16.8 Å². The molecule has 1 aliphatic rings. The van der Waals surface area contributed by atoms with Crippen LogP contribution in [0.2, 0.25) is 0 Å². The normalized spacial score (nSPS) is 15.0. The zero-order valence-corrected chi connectivity index (χ0v) is 17.3. The molecule has 0 aliphatic carbocycles. The second-order valence-corrected chi connectivity index (χ2v) is 8.07. The minimum atomic E-state index is -1.07. The number of aromatic carboxylic acids is 1. The summed E-state index contributed by atoms with van der Waals surface area (Å²) < 4.78 is 13.6. The van der Waals surface area contributed by atoms with Crippen molar-refractivity contribution in [1.29, 1.82) is 0 Å². The van der Waals surface area contributed by atoms with Crippen LogP contribution in [0.1, 0.15) is 29.6 Å². The summed E-state index contributed by atoms with van der Waals surface area (Å²) in [7, 11) is 0. The van der Waals surface area contributed by atoms with E-state index in [2.05, 4.69) is 15.1 Å². The number of hydrogen-bond donors (Lipinski definition) is 2. The molecule has 4 aromatic rings. The molecule has 1 saturated heterocycles. The Bertz CT molecular complexity index is 1310. The average molecular weight is 435 g/mol. The van der Waals surface area contributed by atoms with E-state index in [1.54, 1.807) is 30.3 Å². The third-order valence-electron chi connectivity index (χ3n) is 6.06. The van der Waals surface area contributed by atoms with E-state index >= 15 is 0 Å². The molecule has 1 aliphatic heterocycles. The Morgan fingerprint density at radius 3 is 2.59 bits per heavy atom. The van der Waals surface area contributed by atoms with Crippen molar-refractivity contribution in [3.63, 3.8) is 0 Å². The van der Waals surface area contributed by atoms with E-state index in [1.807, 2.05) is 0 Å². The van der Waals surface area contributed by atoms with Gasteiger partial charge in [-0.3, -0.25) is 0 Å². The Kier molecular flexibility index (Phi) is 5.18. The standard InChI is InChI=1S/C23H22FN5O3/c24-15-2-1-3-16(12-15)29-26-19-5-4-18-21(22(19)27-29)17(23(31)32)13-20(25-18)28-9-6-14(7-10-28)8-11-30/h1-5,12-14,30H,6-11H2,(H,31,32). The number of aliphatic hydroxyl groups excluding tert-OH is 1. The molecule has 2 aromatic heterocycles. The Balaban J connectivity index is 1.59. The van der Waals surface area contributed by atoms with Gasteiger partial charge in [-0.2, -0.15) is 4.80 Å². The molecule has 0 unspecified atom stereocenters. The van der Waals surface area contributed by atoms with Crippen molar-refractivity contribution in [3.05, 3.63) is 53.8 Å². The zero-order valence-electron chi connectivity index (χ0n) is 17.3. The summed E-state index contributed by atoms with van der Waals surface area (Å²) in [4.78, 5) is 20.3. The van der Waals surface area contributed by atoms with Crippen molar-refractivity contribution in [1.82, 2.24) is 20.0 Å². The number of anilines is 1. The van der Waals surface area contributed by atoms with Crippen LogP contribution in [0.3, 0.4) is 0 Å². The molecular weight excluding hydrogens is 413 g/mol. The van der Waals surface area contributed by atoms with Crippen LogP contribution in [0, 0.1) is 11.7 Å². The number of rotatable bonds is 5. The summed E-state index contributed by atoms with van der Waals surface area (Å²) in [5.41, 5.74) is 1.99. The van der Waals surface area contributed by atoms with Gasteiger partial charge >= 0.3 is 5.97 Å². The summed E-state index contributed by atoms with van der Waals surface area (Å²) in [6.07, 6.45) is 2.66. The summed E-state index contributed by atoms with van der Waals surface area (Å²) in [5, 5.41) is 28.4. The molecule has 0 amide bonds. The van der Waals surface area contributed by atoms with Gasteiger partial charge in [-0.15, -0.1) is 10.2 Å². The number of benzene rings is 2. The highest BCUT2D eigenvalue weighted by atomic mass is 19.1. The van der Waals surface area contributed by atoms with E-state index in [4.69, 9.17) is 10.1 Å². The number of aromatic nitrogens is 4. The van der Waals surface area contributed by atoms with Gasteiger partial charge in [-0.1, -0.05) is 6.07 Å². The van der Waals surface area contributed by atoms with Gasteiger partial charge in [0.15, 0.2) is 0 Å². The molecule has 0 radical (unpaired) electrons. The third kappa shape index (κ3) is 3.64. The molecule has 5 rings (SSSR count). The monoisotopic (exact) mass is 435 g/mol. The summed E-state index contributed by atoms with van der Waals surface area (Å²) >= 11 is 0. The summed E-state index contributed by atoms with van der Waals surface area (Å²) in [6.45, 7) is 1.72. The van der Waals surface area contributed by atoms with Gasteiger partial charge in [0.25, 0.3) is 0 Å². The van der Waals surface area contributed by atoms with Crippen molar-refractivity contribution in [3.8, 4) is 5.69 Å². The highest BCUT2D eigenvalue weighted by molar-refractivity contribution is 6.13. The number of aliphatic hydroxyl groups is 1. The molecule has 0 spiro atoms. The van der Waals surface area contributed by atoms with Crippen LogP contribution < -0.4 is 4.90 Å². The maximum absolute atomic E-state index is 13.6. The zero-order chi connectivity index (χ0) is 22.2. The van der Waals surface area contributed by atoms with E-state index in [-0.39, 0.29) is 12.2 Å². The number of carbonyl (C=O) groups is 1. The van der Waals surface area contributed by atoms with Crippen LogP contribution in [0.15, 0.2) is 42.5 Å². The fourth-order valence-electron chi connectivity index (χ4n) is 4.37. The van der Waals surface area contributed by atoms with Crippen molar-refractivity contribution >= 4 is 33.7 Å². The molecule has 164 valence electrons. The lowest BCUT2D eigenvalue weighted by atomic mass is 9.94. The fourth-order valence-corrected chi connectivity index (χ4v) is 4.37. The predicted octanol–water partition coefficient (Wildman–Crippen LogP) is 3.40. The van der Waals surface area contributed by atoms with E-state index in [9.17, 15) is 14.3 Å². The highest BCUT2D eigenvalue weighted by Gasteiger charge is 2.23. The molecular formula is C23H22FN5O3. The maximum Gasteiger partial charge on any atom is 0.336 e. The number of nitrogens with zero attached hydrogens (tertiary/aromatic N) is 5.